The number of rotatable bonds is 6. The van der Waals surface area contributed by atoms with E-state index >= 15 is 0 Å². The number of aromatic nitrogens is 4. The Morgan fingerprint density at radius 3 is 1.42 bits per heavy atom. The van der Waals surface area contributed by atoms with Gasteiger partial charge in [-0.3, -0.25) is 4.98 Å². The standard InChI is InChI=1S/C46H30N4/c1-4-14-31(15-5-1)42-40-26-25-34(37-22-13-27-47-30-37)29-41(40)38-23-10-11-24-39(38)43(42)35-20-12-21-36(28-35)46-49-44(32-16-6-2-7-17-32)48-45(50-46)33-18-8-3-9-19-33/h1-30H. The van der Waals surface area contributed by atoms with E-state index in [1.807, 2.05) is 79.1 Å². The molecule has 0 amide bonds. The first-order valence-corrected chi connectivity index (χ1v) is 16.7. The highest BCUT2D eigenvalue weighted by Crippen LogP contribution is 2.46. The largest absolute Gasteiger partial charge is 0.264 e. The normalized spacial score (nSPS) is 11.2. The van der Waals surface area contributed by atoms with Crippen molar-refractivity contribution in [3.05, 3.63) is 182 Å². The van der Waals surface area contributed by atoms with Gasteiger partial charge < -0.3 is 0 Å². The smallest absolute Gasteiger partial charge is 0.164 e. The molecule has 4 nitrogen and oxygen atoms in total. The molecule has 0 atom stereocenters. The topological polar surface area (TPSA) is 51.6 Å². The fourth-order valence-electron chi connectivity index (χ4n) is 6.86. The minimum Gasteiger partial charge on any atom is -0.264 e. The highest BCUT2D eigenvalue weighted by atomic mass is 15.0. The molecule has 4 heteroatoms. The Hall–Kier alpha value is -6.78. The van der Waals surface area contributed by atoms with Crippen molar-refractivity contribution in [3.8, 4) is 67.5 Å². The molecule has 0 unspecified atom stereocenters. The van der Waals surface area contributed by atoms with Gasteiger partial charge in [-0.2, -0.15) is 0 Å². The number of pyridine rings is 1. The predicted octanol–water partition coefficient (Wildman–Crippen LogP) is 11.6. The van der Waals surface area contributed by atoms with Crippen LogP contribution in [0, 0.1) is 0 Å². The fourth-order valence-corrected chi connectivity index (χ4v) is 6.86. The lowest BCUT2D eigenvalue weighted by atomic mass is 9.84. The first-order valence-electron chi connectivity index (χ1n) is 16.7. The summed E-state index contributed by atoms with van der Waals surface area (Å²) in [4.78, 5) is 19.4. The third kappa shape index (κ3) is 5.39. The van der Waals surface area contributed by atoms with Crippen LogP contribution in [0.25, 0.3) is 89.1 Å². The molecule has 234 valence electrons. The van der Waals surface area contributed by atoms with Crippen molar-refractivity contribution >= 4 is 21.5 Å². The van der Waals surface area contributed by atoms with Gasteiger partial charge >= 0.3 is 0 Å². The Bertz CT molecular complexity index is 2560. The van der Waals surface area contributed by atoms with Gasteiger partial charge in [-0.05, 0) is 67.6 Å². The molecular formula is C46H30N4. The molecule has 0 aliphatic rings. The van der Waals surface area contributed by atoms with Crippen LogP contribution in [0.3, 0.4) is 0 Å². The van der Waals surface area contributed by atoms with Gasteiger partial charge in [-0.15, -0.1) is 0 Å². The van der Waals surface area contributed by atoms with Gasteiger partial charge in [0.15, 0.2) is 17.5 Å². The van der Waals surface area contributed by atoms with E-state index in [1.165, 1.54) is 32.7 Å². The first kappa shape index (κ1) is 29.4. The first-order chi connectivity index (χ1) is 24.8. The van der Waals surface area contributed by atoms with E-state index in [2.05, 4.69) is 108 Å². The molecule has 7 aromatic carbocycles. The lowest BCUT2D eigenvalue weighted by Gasteiger charge is -2.19. The van der Waals surface area contributed by atoms with Crippen LogP contribution in [0.4, 0.5) is 0 Å². The molecule has 0 spiro atoms. The number of fused-ring (bicyclic) bond motifs is 3. The zero-order valence-corrected chi connectivity index (χ0v) is 27.1. The number of hydrogen-bond acceptors (Lipinski definition) is 4. The average Bonchev–Trinajstić information content (AvgIpc) is 3.21. The Kier molecular flexibility index (Phi) is 7.45. The van der Waals surface area contributed by atoms with Gasteiger partial charge in [-0.1, -0.05) is 152 Å². The summed E-state index contributed by atoms with van der Waals surface area (Å²) >= 11 is 0. The van der Waals surface area contributed by atoms with Crippen LogP contribution in [0.1, 0.15) is 0 Å². The Morgan fingerprint density at radius 1 is 0.280 bits per heavy atom. The minimum atomic E-state index is 0.632. The second-order valence-electron chi connectivity index (χ2n) is 12.3. The Balaban J connectivity index is 1.30. The van der Waals surface area contributed by atoms with Crippen molar-refractivity contribution in [1.82, 2.24) is 19.9 Å². The summed E-state index contributed by atoms with van der Waals surface area (Å²) in [6.45, 7) is 0. The molecule has 0 bridgehead atoms. The zero-order valence-electron chi connectivity index (χ0n) is 27.1. The summed E-state index contributed by atoms with van der Waals surface area (Å²) in [5.74, 6) is 1.92. The lowest BCUT2D eigenvalue weighted by Crippen LogP contribution is -2.00. The van der Waals surface area contributed by atoms with Crippen LogP contribution in [0.15, 0.2) is 182 Å². The minimum absolute atomic E-state index is 0.632. The highest BCUT2D eigenvalue weighted by Gasteiger charge is 2.19. The maximum atomic E-state index is 5.04. The zero-order chi connectivity index (χ0) is 33.3. The van der Waals surface area contributed by atoms with Crippen LogP contribution < -0.4 is 0 Å². The summed E-state index contributed by atoms with van der Waals surface area (Å²) in [5.41, 5.74) is 9.69. The van der Waals surface area contributed by atoms with Crippen molar-refractivity contribution in [2.24, 2.45) is 0 Å². The monoisotopic (exact) mass is 638 g/mol. The molecule has 0 aliphatic carbocycles. The van der Waals surface area contributed by atoms with E-state index < -0.39 is 0 Å². The van der Waals surface area contributed by atoms with Gasteiger partial charge in [0.25, 0.3) is 0 Å². The maximum Gasteiger partial charge on any atom is 0.164 e. The third-order valence-corrected chi connectivity index (χ3v) is 9.19. The molecule has 0 aliphatic heterocycles. The van der Waals surface area contributed by atoms with Gasteiger partial charge in [0.05, 0.1) is 0 Å². The maximum absolute atomic E-state index is 5.04. The van der Waals surface area contributed by atoms with Crippen molar-refractivity contribution in [1.29, 1.82) is 0 Å². The van der Waals surface area contributed by atoms with Gasteiger partial charge in [-0.25, -0.2) is 15.0 Å². The van der Waals surface area contributed by atoms with Crippen LogP contribution in [-0.2, 0) is 0 Å². The second-order valence-corrected chi connectivity index (χ2v) is 12.3. The number of nitrogens with zero attached hydrogens (tertiary/aromatic N) is 4. The molecule has 9 rings (SSSR count). The Labute approximate surface area is 290 Å². The molecule has 0 radical (unpaired) electrons. The molecule has 2 aromatic heterocycles. The lowest BCUT2D eigenvalue weighted by molar-refractivity contribution is 1.07. The highest BCUT2D eigenvalue weighted by molar-refractivity contribution is 6.22. The van der Waals surface area contributed by atoms with E-state index in [4.69, 9.17) is 15.0 Å². The summed E-state index contributed by atoms with van der Waals surface area (Å²) in [5, 5.41) is 4.79. The van der Waals surface area contributed by atoms with Crippen molar-refractivity contribution < 1.29 is 0 Å². The molecule has 50 heavy (non-hydrogen) atoms. The molecule has 0 saturated heterocycles. The average molecular weight is 639 g/mol. The summed E-state index contributed by atoms with van der Waals surface area (Å²) < 4.78 is 0. The third-order valence-electron chi connectivity index (χ3n) is 9.19. The van der Waals surface area contributed by atoms with Gasteiger partial charge in [0.1, 0.15) is 0 Å². The fraction of sp³-hybridized carbons (Fsp3) is 0. The van der Waals surface area contributed by atoms with E-state index in [-0.39, 0.29) is 0 Å². The SMILES string of the molecule is c1ccc(-c2nc(-c3ccccc3)nc(-c3cccc(-c4c(-c5ccccc5)c5ccc(-c6cccnc6)cc5c5ccccc45)c3)n2)cc1. The van der Waals surface area contributed by atoms with Crippen LogP contribution in [0.2, 0.25) is 0 Å². The molecule has 2 heterocycles. The van der Waals surface area contributed by atoms with E-state index in [0.717, 1.165) is 38.9 Å². The van der Waals surface area contributed by atoms with E-state index in [1.54, 1.807) is 0 Å². The van der Waals surface area contributed by atoms with Gasteiger partial charge in [0, 0.05) is 34.6 Å². The van der Waals surface area contributed by atoms with E-state index in [0.29, 0.717) is 17.5 Å². The van der Waals surface area contributed by atoms with Crippen molar-refractivity contribution in [3.63, 3.8) is 0 Å². The number of hydrogen-bond donors (Lipinski definition) is 0. The summed E-state index contributed by atoms with van der Waals surface area (Å²) in [7, 11) is 0. The van der Waals surface area contributed by atoms with Crippen LogP contribution >= 0.6 is 0 Å². The molecular weight excluding hydrogens is 609 g/mol. The number of benzene rings is 7. The molecule has 0 N–H and O–H groups in total. The van der Waals surface area contributed by atoms with Gasteiger partial charge in [0.2, 0.25) is 0 Å². The molecule has 0 saturated carbocycles. The molecule has 0 fully saturated rings. The van der Waals surface area contributed by atoms with E-state index in [9.17, 15) is 0 Å². The van der Waals surface area contributed by atoms with Crippen LogP contribution in [0.5, 0.6) is 0 Å². The Morgan fingerprint density at radius 2 is 0.780 bits per heavy atom. The molecule has 9 aromatic rings. The predicted molar refractivity (Wildman–Crippen MR) is 205 cm³/mol. The van der Waals surface area contributed by atoms with Crippen LogP contribution in [-0.4, -0.2) is 19.9 Å². The quantitative estimate of drug-likeness (QED) is 0.170. The van der Waals surface area contributed by atoms with Crippen molar-refractivity contribution in [2.75, 3.05) is 0 Å². The summed E-state index contributed by atoms with van der Waals surface area (Å²) in [6, 6.07) is 59.2. The van der Waals surface area contributed by atoms with Crippen molar-refractivity contribution in [2.45, 2.75) is 0 Å². The summed E-state index contributed by atoms with van der Waals surface area (Å²) in [6.07, 6.45) is 3.74. The second kappa shape index (κ2) is 12.7.